The van der Waals surface area contributed by atoms with Gasteiger partial charge in [0.05, 0.1) is 13.3 Å². The summed E-state index contributed by atoms with van der Waals surface area (Å²) in [6.07, 6.45) is 10.0. The fraction of sp³-hybridized carbons (Fsp3) is 0.150. The number of nitrogens with one attached hydrogen (secondary N) is 2. The summed E-state index contributed by atoms with van der Waals surface area (Å²) in [5, 5.41) is 4.46. The van der Waals surface area contributed by atoms with Gasteiger partial charge in [-0.3, -0.25) is 4.98 Å². The number of hydrogen-bond donors (Lipinski definition) is 2. The first-order valence-electron chi connectivity index (χ1n) is 8.39. The van der Waals surface area contributed by atoms with Crippen molar-refractivity contribution in [1.82, 2.24) is 19.9 Å². The molecule has 0 unspecified atom stereocenters. The van der Waals surface area contributed by atoms with Crippen LogP contribution in [0, 0.1) is 0 Å². The second kappa shape index (κ2) is 7.23. The summed E-state index contributed by atoms with van der Waals surface area (Å²) in [5.41, 5.74) is 4.34. The molecule has 0 fully saturated rings. The highest BCUT2D eigenvalue weighted by molar-refractivity contribution is 5.79. The van der Waals surface area contributed by atoms with Crippen molar-refractivity contribution < 1.29 is 4.74 Å². The van der Waals surface area contributed by atoms with Gasteiger partial charge in [0.1, 0.15) is 17.2 Å². The molecule has 6 nitrogen and oxygen atoms in total. The number of fused-ring (bicyclic) bond motifs is 1. The number of anilines is 1. The molecule has 0 bridgehead atoms. The Morgan fingerprint density at radius 1 is 1.08 bits per heavy atom. The van der Waals surface area contributed by atoms with Gasteiger partial charge in [0.15, 0.2) is 0 Å². The fourth-order valence-corrected chi connectivity index (χ4v) is 2.88. The number of hydrogen-bond acceptors (Lipinski definition) is 5. The molecule has 0 aliphatic rings. The Balaban J connectivity index is 1.41. The second-order valence-corrected chi connectivity index (χ2v) is 6.03. The quantitative estimate of drug-likeness (QED) is 0.559. The van der Waals surface area contributed by atoms with Crippen LogP contribution < -0.4 is 10.1 Å². The summed E-state index contributed by atoms with van der Waals surface area (Å²) < 4.78 is 5.19. The van der Waals surface area contributed by atoms with E-state index in [2.05, 4.69) is 37.4 Å². The molecule has 0 aromatic carbocycles. The van der Waals surface area contributed by atoms with Crippen LogP contribution in [-0.4, -0.2) is 27.0 Å². The summed E-state index contributed by atoms with van der Waals surface area (Å²) >= 11 is 0. The SMILES string of the molecule is COc1cncc(CNc2ccc(Cc3c[nH]c4ncccc34)cn2)c1. The molecule has 6 heteroatoms. The van der Waals surface area contributed by atoms with Crippen molar-refractivity contribution in [2.45, 2.75) is 13.0 Å². The maximum atomic E-state index is 5.19. The van der Waals surface area contributed by atoms with Crippen LogP contribution in [0.3, 0.4) is 0 Å². The molecule has 0 aliphatic carbocycles. The van der Waals surface area contributed by atoms with E-state index in [1.165, 1.54) is 5.56 Å². The van der Waals surface area contributed by atoms with E-state index < -0.39 is 0 Å². The number of aromatic amines is 1. The average Bonchev–Trinajstić information content (AvgIpc) is 3.11. The van der Waals surface area contributed by atoms with Gasteiger partial charge in [-0.25, -0.2) is 9.97 Å². The number of pyridine rings is 3. The first kappa shape index (κ1) is 16.1. The minimum Gasteiger partial charge on any atom is -0.495 e. The van der Waals surface area contributed by atoms with Gasteiger partial charge < -0.3 is 15.0 Å². The van der Waals surface area contributed by atoms with Crippen LogP contribution in [0.25, 0.3) is 11.0 Å². The molecular formula is C20H19N5O. The fourth-order valence-electron chi connectivity index (χ4n) is 2.88. The van der Waals surface area contributed by atoms with Crippen molar-refractivity contribution in [2.24, 2.45) is 0 Å². The van der Waals surface area contributed by atoms with E-state index in [0.29, 0.717) is 6.54 Å². The predicted molar refractivity (Wildman–Crippen MR) is 101 cm³/mol. The molecule has 0 amide bonds. The molecule has 0 atom stereocenters. The molecule has 2 N–H and O–H groups in total. The first-order valence-corrected chi connectivity index (χ1v) is 8.39. The largest absolute Gasteiger partial charge is 0.495 e. The predicted octanol–water partition coefficient (Wildman–Crippen LogP) is 3.56. The molecule has 4 aromatic heterocycles. The monoisotopic (exact) mass is 345 g/mol. The molecule has 0 spiro atoms. The topological polar surface area (TPSA) is 75.7 Å². The highest BCUT2D eigenvalue weighted by Crippen LogP contribution is 2.19. The van der Waals surface area contributed by atoms with Gasteiger partial charge in [0.25, 0.3) is 0 Å². The van der Waals surface area contributed by atoms with Gasteiger partial charge in [-0.15, -0.1) is 0 Å². The van der Waals surface area contributed by atoms with Gasteiger partial charge in [-0.1, -0.05) is 6.07 Å². The van der Waals surface area contributed by atoms with E-state index in [0.717, 1.165) is 40.1 Å². The summed E-state index contributed by atoms with van der Waals surface area (Å²) in [6.45, 7) is 0.644. The number of H-pyrrole nitrogens is 1. The summed E-state index contributed by atoms with van der Waals surface area (Å²) in [5.74, 6) is 1.58. The van der Waals surface area contributed by atoms with Crippen LogP contribution in [0.5, 0.6) is 5.75 Å². The average molecular weight is 345 g/mol. The van der Waals surface area contributed by atoms with Crippen LogP contribution in [0.1, 0.15) is 16.7 Å². The third-order valence-electron chi connectivity index (χ3n) is 4.24. The summed E-state index contributed by atoms with van der Waals surface area (Å²) in [6, 6.07) is 10.1. The van der Waals surface area contributed by atoms with E-state index in [4.69, 9.17) is 4.74 Å². The third kappa shape index (κ3) is 3.49. The van der Waals surface area contributed by atoms with Crippen LogP contribution in [0.4, 0.5) is 5.82 Å². The van der Waals surface area contributed by atoms with Crippen LogP contribution in [-0.2, 0) is 13.0 Å². The Kier molecular flexibility index (Phi) is 4.47. The minimum atomic E-state index is 0.644. The molecule has 0 saturated heterocycles. The van der Waals surface area contributed by atoms with E-state index >= 15 is 0 Å². The van der Waals surface area contributed by atoms with Crippen molar-refractivity contribution in [3.05, 3.63) is 78.0 Å². The highest BCUT2D eigenvalue weighted by atomic mass is 16.5. The molecule has 0 radical (unpaired) electrons. The van der Waals surface area contributed by atoms with Crippen molar-refractivity contribution in [2.75, 3.05) is 12.4 Å². The normalized spacial score (nSPS) is 10.8. The molecule has 4 aromatic rings. The number of rotatable bonds is 6. The van der Waals surface area contributed by atoms with E-state index in [9.17, 15) is 0 Å². The molecule has 130 valence electrons. The first-order chi connectivity index (χ1) is 12.8. The van der Waals surface area contributed by atoms with Gasteiger partial charge in [0, 0.05) is 43.1 Å². The number of ether oxygens (including phenoxy) is 1. The van der Waals surface area contributed by atoms with Gasteiger partial charge in [-0.05, 0) is 41.0 Å². The van der Waals surface area contributed by atoms with Gasteiger partial charge >= 0.3 is 0 Å². The van der Waals surface area contributed by atoms with E-state index in [-0.39, 0.29) is 0 Å². The number of methoxy groups -OCH3 is 1. The lowest BCUT2D eigenvalue weighted by Gasteiger charge is -2.07. The molecule has 0 saturated carbocycles. The molecule has 4 rings (SSSR count). The smallest absolute Gasteiger partial charge is 0.137 e. The van der Waals surface area contributed by atoms with Crippen LogP contribution >= 0.6 is 0 Å². The molecule has 0 aliphatic heterocycles. The molecular weight excluding hydrogens is 326 g/mol. The lowest BCUT2D eigenvalue weighted by molar-refractivity contribution is 0.412. The standard InChI is InChI=1S/C20H19N5O/c1-26-17-8-15(9-21-13-17)11-24-19-5-4-14(10-23-19)7-16-12-25-20-18(16)3-2-6-22-20/h2-6,8-10,12-13H,7,11H2,1H3,(H,22,25)(H,23,24). The van der Waals surface area contributed by atoms with Gasteiger partial charge in [0.2, 0.25) is 0 Å². The third-order valence-corrected chi connectivity index (χ3v) is 4.24. The zero-order valence-electron chi connectivity index (χ0n) is 14.4. The Bertz CT molecular complexity index is 1010. The maximum Gasteiger partial charge on any atom is 0.137 e. The number of aromatic nitrogens is 4. The Morgan fingerprint density at radius 3 is 2.88 bits per heavy atom. The second-order valence-electron chi connectivity index (χ2n) is 6.03. The Morgan fingerprint density at radius 2 is 2.04 bits per heavy atom. The zero-order chi connectivity index (χ0) is 17.8. The van der Waals surface area contributed by atoms with Crippen molar-refractivity contribution in [3.8, 4) is 5.75 Å². The summed E-state index contributed by atoms with van der Waals surface area (Å²) in [7, 11) is 1.64. The number of nitrogens with zero attached hydrogens (tertiary/aromatic N) is 3. The van der Waals surface area contributed by atoms with Crippen molar-refractivity contribution in [1.29, 1.82) is 0 Å². The maximum absolute atomic E-state index is 5.19. The lowest BCUT2D eigenvalue weighted by atomic mass is 10.1. The van der Waals surface area contributed by atoms with Gasteiger partial charge in [-0.2, -0.15) is 0 Å². The van der Waals surface area contributed by atoms with Crippen LogP contribution in [0.15, 0.2) is 61.3 Å². The Hall–Kier alpha value is -3.41. The minimum absolute atomic E-state index is 0.644. The lowest BCUT2D eigenvalue weighted by Crippen LogP contribution is -2.02. The zero-order valence-corrected chi connectivity index (χ0v) is 14.4. The van der Waals surface area contributed by atoms with E-state index in [1.54, 1.807) is 19.5 Å². The molecule has 4 heterocycles. The van der Waals surface area contributed by atoms with Crippen molar-refractivity contribution >= 4 is 16.9 Å². The molecule has 26 heavy (non-hydrogen) atoms. The Labute approximate surface area is 151 Å². The van der Waals surface area contributed by atoms with Crippen LogP contribution in [0.2, 0.25) is 0 Å². The summed E-state index contributed by atoms with van der Waals surface area (Å²) in [4.78, 5) is 16.2. The highest BCUT2D eigenvalue weighted by Gasteiger charge is 2.05. The van der Waals surface area contributed by atoms with Crippen molar-refractivity contribution in [3.63, 3.8) is 0 Å². The van der Waals surface area contributed by atoms with E-state index in [1.807, 2.05) is 36.8 Å².